The van der Waals surface area contributed by atoms with Crippen LogP contribution in [0.1, 0.15) is 25.0 Å². The van der Waals surface area contributed by atoms with Crippen molar-refractivity contribution >= 4 is 32.9 Å². The summed E-state index contributed by atoms with van der Waals surface area (Å²) in [5.41, 5.74) is 13.6. The van der Waals surface area contributed by atoms with Crippen molar-refractivity contribution in [1.29, 1.82) is 0 Å². The van der Waals surface area contributed by atoms with Crippen LogP contribution in [-0.2, 0) is 5.41 Å². The van der Waals surface area contributed by atoms with Crippen molar-refractivity contribution in [2.45, 2.75) is 19.3 Å². The lowest BCUT2D eigenvalue weighted by Crippen LogP contribution is -2.15. The molecule has 0 saturated carbocycles. The molecule has 0 N–H and O–H groups in total. The van der Waals surface area contributed by atoms with Gasteiger partial charge in [-0.2, -0.15) is 9.97 Å². The first-order valence-electron chi connectivity index (χ1n) is 18.6. The lowest BCUT2D eigenvalue weighted by Gasteiger charge is -2.22. The van der Waals surface area contributed by atoms with Crippen LogP contribution in [-0.4, -0.2) is 24.5 Å². The van der Waals surface area contributed by atoms with E-state index >= 15 is 0 Å². The van der Waals surface area contributed by atoms with E-state index in [4.69, 9.17) is 24.4 Å². The smallest absolute Gasteiger partial charge is 0.238 e. The van der Waals surface area contributed by atoms with E-state index in [1.807, 2.05) is 91.0 Å². The highest BCUT2D eigenvalue weighted by Gasteiger charge is 2.38. The third-order valence-electron chi connectivity index (χ3n) is 11.1. The van der Waals surface area contributed by atoms with Crippen LogP contribution in [0.3, 0.4) is 0 Å². The molecule has 0 unspecified atom stereocenters. The molecule has 0 saturated heterocycles. The van der Waals surface area contributed by atoms with E-state index in [-0.39, 0.29) is 5.41 Å². The number of aromatic nitrogens is 5. The van der Waals surface area contributed by atoms with Crippen LogP contribution in [0, 0.1) is 0 Å². The van der Waals surface area contributed by atoms with Gasteiger partial charge in [0.1, 0.15) is 5.52 Å². The van der Waals surface area contributed by atoms with Crippen molar-refractivity contribution in [3.8, 4) is 62.4 Å². The molecule has 1 aliphatic rings. The molecule has 0 bridgehead atoms. The Bertz CT molecular complexity index is 3050. The van der Waals surface area contributed by atoms with E-state index in [2.05, 4.69) is 91.2 Å². The van der Waals surface area contributed by atoms with Gasteiger partial charge in [-0.15, -0.1) is 0 Å². The Labute approximate surface area is 317 Å². The fourth-order valence-electron chi connectivity index (χ4n) is 8.43. The molecule has 0 amide bonds. The van der Waals surface area contributed by atoms with Gasteiger partial charge in [-0.1, -0.05) is 135 Å². The number of rotatable bonds is 5. The number of benzene rings is 7. The lowest BCUT2D eigenvalue weighted by atomic mass is 9.81. The molecular weight excluding hydrogens is 675 g/mol. The van der Waals surface area contributed by atoms with Crippen LogP contribution in [0.25, 0.3) is 95.3 Å². The minimum Gasteiger partial charge on any atom is -0.436 e. The average Bonchev–Trinajstić information content (AvgIpc) is 3.89. The number of para-hydroxylation sites is 1. The standard InChI is InChI=1S/C49H33N5O/c1-49(2)39-29-34(22-24-35(39)37-25-27-42-44(43(37)49)50-47(55-42)32-18-10-5-11-19-32)33-23-26-41-38(28-33)36-20-12-13-21-40(36)54(41)48-52-45(30-14-6-3-7-15-30)51-46(53-48)31-16-8-4-9-17-31/h3-29H,1-2H3. The van der Waals surface area contributed by atoms with Crippen molar-refractivity contribution in [2.75, 3.05) is 0 Å². The predicted octanol–water partition coefficient (Wildman–Crippen LogP) is 12.1. The zero-order valence-corrected chi connectivity index (χ0v) is 30.2. The van der Waals surface area contributed by atoms with Crippen molar-refractivity contribution in [3.63, 3.8) is 0 Å². The molecule has 3 aromatic heterocycles. The fraction of sp³-hybridized carbons (Fsp3) is 0.0612. The largest absolute Gasteiger partial charge is 0.436 e. The molecule has 10 aromatic rings. The van der Waals surface area contributed by atoms with Gasteiger partial charge in [0.2, 0.25) is 11.8 Å². The summed E-state index contributed by atoms with van der Waals surface area (Å²) in [6.45, 7) is 4.60. The Morgan fingerprint density at radius 3 is 1.76 bits per heavy atom. The zero-order chi connectivity index (χ0) is 36.7. The number of hydrogen-bond acceptors (Lipinski definition) is 5. The van der Waals surface area contributed by atoms with E-state index in [1.165, 1.54) is 22.3 Å². The summed E-state index contributed by atoms with van der Waals surface area (Å²) < 4.78 is 8.48. The maximum atomic E-state index is 6.31. The van der Waals surface area contributed by atoms with Gasteiger partial charge in [0, 0.05) is 32.9 Å². The lowest BCUT2D eigenvalue weighted by molar-refractivity contribution is 0.619. The Morgan fingerprint density at radius 1 is 0.473 bits per heavy atom. The minimum atomic E-state index is -0.281. The summed E-state index contributed by atoms with van der Waals surface area (Å²) >= 11 is 0. The van der Waals surface area contributed by atoms with Crippen molar-refractivity contribution in [3.05, 3.63) is 175 Å². The number of nitrogens with zero attached hydrogens (tertiary/aromatic N) is 5. The number of oxazole rings is 1. The molecule has 260 valence electrons. The van der Waals surface area contributed by atoms with Gasteiger partial charge in [0.15, 0.2) is 17.2 Å². The second-order valence-electron chi connectivity index (χ2n) is 14.7. The van der Waals surface area contributed by atoms with Crippen molar-refractivity contribution in [2.24, 2.45) is 0 Å². The Balaban J connectivity index is 1.05. The molecule has 0 aliphatic heterocycles. The van der Waals surface area contributed by atoms with E-state index < -0.39 is 0 Å². The van der Waals surface area contributed by atoms with E-state index in [1.54, 1.807) is 0 Å². The van der Waals surface area contributed by atoms with Gasteiger partial charge in [-0.25, -0.2) is 9.97 Å². The van der Waals surface area contributed by atoms with Crippen molar-refractivity contribution < 1.29 is 4.42 Å². The van der Waals surface area contributed by atoms with Crippen LogP contribution in [0.2, 0.25) is 0 Å². The predicted molar refractivity (Wildman–Crippen MR) is 221 cm³/mol. The summed E-state index contributed by atoms with van der Waals surface area (Å²) in [6, 6.07) is 56.7. The van der Waals surface area contributed by atoms with Gasteiger partial charge < -0.3 is 4.42 Å². The first-order valence-corrected chi connectivity index (χ1v) is 18.6. The molecule has 6 nitrogen and oxygen atoms in total. The molecule has 0 radical (unpaired) electrons. The van der Waals surface area contributed by atoms with Gasteiger partial charge in [-0.05, 0) is 75.8 Å². The highest BCUT2D eigenvalue weighted by Crippen LogP contribution is 2.52. The molecule has 6 heteroatoms. The summed E-state index contributed by atoms with van der Waals surface area (Å²) in [6.07, 6.45) is 0. The molecule has 11 rings (SSSR count). The maximum absolute atomic E-state index is 6.31. The van der Waals surface area contributed by atoms with Crippen LogP contribution in [0.4, 0.5) is 0 Å². The second-order valence-corrected chi connectivity index (χ2v) is 14.7. The SMILES string of the molecule is CC1(C)c2cc(-c3ccc4c(c3)c3ccccc3n4-c3nc(-c4ccccc4)nc(-c4ccccc4)n3)ccc2-c2ccc3oc(-c4ccccc4)nc3c21. The van der Waals surface area contributed by atoms with Gasteiger partial charge >= 0.3 is 0 Å². The van der Waals surface area contributed by atoms with Gasteiger partial charge in [0.05, 0.1) is 11.0 Å². The molecule has 0 spiro atoms. The summed E-state index contributed by atoms with van der Waals surface area (Å²) in [5.74, 6) is 2.49. The topological polar surface area (TPSA) is 69.6 Å². The summed E-state index contributed by atoms with van der Waals surface area (Å²) in [5, 5.41) is 2.27. The highest BCUT2D eigenvalue weighted by molar-refractivity contribution is 6.10. The van der Waals surface area contributed by atoms with Crippen LogP contribution >= 0.6 is 0 Å². The molecule has 3 heterocycles. The number of hydrogen-bond donors (Lipinski definition) is 0. The molecule has 0 fully saturated rings. The van der Waals surface area contributed by atoms with E-state index in [9.17, 15) is 0 Å². The normalized spacial score (nSPS) is 13.1. The summed E-state index contributed by atoms with van der Waals surface area (Å²) in [4.78, 5) is 20.2. The highest BCUT2D eigenvalue weighted by atomic mass is 16.3. The Kier molecular flexibility index (Phi) is 6.79. The molecular formula is C49H33N5O. The van der Waals surface area contributed by atoms with Gasteiger partial charge in [0.25, 0.3) is 0 Å². The third kappa shape index (κ3) is 4.88. The molecule has 55 heavy (non-hydrogen) atoms. The van der Waals surface area contributed by atoms with Crippen molar-refractivity contribution in [1.82, 2.24) is 24.5 Å². The molecule has 0 atom stereocenters. The van der Waals surface area contributed by atoms with Gasteiger partial charge in [-0.3, -0.25) is 4.57 Å². The van der Waals surface area contributed by atoms with E-state index in [0.717, 1.165) is 60.7 Å². The van der Waals surface area contributed by atoms with Crippen LogP contribution in [0.5, 0.6) is 0 Å². The first-order chi connectivity index (χ1) is 27.0. The first kappa shape index (κ1) is 31.4. The number of fused-ring (bicyclic) bond motifs is 8. The average molecular weight is 708 g/mol. The second kappa shape index (κ2) is 11.9. The minimum absolute atomic E-state index is 0.281. The quantitative estimate of drug-likeness (QED) is 0.178. The zero-order valence-electron chi connectivity index (χ0n) is 30.2. The maximum Gasteiger partial charge on any atom is 0.238 e. The van der Waals surface area contributed by atoms with E-state index in [0.29, 0.717) is 23.5 Å². The third-order valence-corrected chi connectivity index (χ3v) is 11.1. The Morgan fingerprint density at radius 2 is 1.05 bits per heavy atom. The fourth-order valence-corrected chi connectivity index (χ4v) is 8.43. The summed E-state index contributed by atoms with van der Waals surface area (Å²) in [7, 11) is 0. The van der Waals surface area contributed by atoms with Crippen LogP contribution < -0.4 is 0 Å². The molecule has 1 aliphatic carbocycles. The monoisotopic (exact) mass is 707 g/mol. The molecule has 7 aromatic carbocycles. The Hall–Kier alpha value is -7.18. The van der Waals surface area contributed by atoms with Crippen LogP contribution in [0.15, 0.2) is 168 Å².